The molecule has 0 radical (unpaired) electrons. The van der Waals surface area contributed by atoms with Crippen molar-refractivity contribution in [3.63, 3.8) is 0 Å². The third kappa shape index (κ3) is 2.68. The van der Waals surface area contributed by atoms with Crippen LogP contribution >= 0.6 is 0 Å². The lowest BCUT2D eigenvalue weighted by Crippen LogP contribution is -2.13. The third-order valence-electron chi connectivity index (χ3n) is 3.01. The minimum absolute atomic E-state index is 0.0755. The summed E-state index contributed by atoms with van der Waals surface area (Å²) in [6, 6.07) is 15.4. The van der Waals surface area contributed by atoms with Gasteiger partial charge in [0.05, 0.1) is 12.8 Å². The van der Waals surface area contributed by atoms with E-state index >= 15 is 0 Å². The van der Waals surface area contributed by atoms with Gasteiger partial charge in [0, 0.05) is 18.3 Å². The van der Waals surface area contributed by atoms with Crippen molar-refractivity contribution in [3.8, 4) is 5.75 Å². The highest BCUT2D eigenvalue weighted by molar-refractivity contribution is 5.95. The number of nitrogen functional groups attached to an aromatic ring is 1. The number of nitrogens with two attached hydrogens (primary N) is 1. The molecule has 0 aromatic heterocycles. The fraction of sp³-hybridized carbons (Fsp3) is 0.133. The van der Waals surface area contributed by atoms with E-state index in [0.29, 0.717) is 0 Å². The minimum atomic E-state index is 0.0755. The number of hydrogen-bond donors (Lipinski definition) is 2. The van der Waals surface area contributed by atoms with E-state index in [1.165, 1.54) is 0 Å². The Balaban J connectivity index is 2.33. The second-order valence-electron chi connectivity index (χ2n) is 4.19. The molecular weight excluding hydrogens is 238 g/mol. The first-order valence-corrected chi connectivity index (χ1v) is 5.94. The average Bonchev–Trinajstić information content (AvgIpc) is 2.46. The van der Waals surface area contributed by atoms with Gasteiger partial charge in [-0.1, -0.05) is 12.1 Å². The molecule has 0 fully saturated rings. The van der Waals surface area contributed by atoms with Gasteiger partial charge in [-0.15, -0.1) is 0 Å². The Kier molecular flexibility index (Phi) is 3.71. The van der Waals surface area contributed by atoms with E-state index < -0.39 is 0 Å². The molecule has 98 valence electrons. The predicted molar refractivity (Wildman–Crippen MR) is 78.5 cm³/mol. The Labute approximate surface area is 112 Å². The molecule has 0 atom stereocenters. The molecule has 0 aliphatic rings. The zero-order chi connectivity index (χ0) is 13.8. The molecule has 0 saturated carbocycles. The molecule has 19 heavy (non-hydrogen) atoms. The van der Waals surface area contributed by atoms with Crippen LogP contribution in [0.2, 0.25) is 0 Å². The summed E-state index contributed by atoms with van der Waals surface area (Å²) in [5, 5.41) is 7.39. The number of rotatable bonds is 4. The highest BCUT2D eigenvalue weighted by Crippen LogP contribution is 2.31. The molecule has 4 nitrogen and oxygen atoms in total. The quantitative estimate of drug-likeness (QED) is 0.652. The van der Waals surface area contributed by atoms with Crippen LogP contribution in [-0.2, 0) is 0 Å². The number of amidine groups is 1. The first-order valence-electron chi connectivity index (χ1n) is 5.94. The van der Waals surface area contributed by atoms with Gasteiger partial charge < -0.3 is 15.4 Å². The number of ether oxygens (including phenoxy) is 1. The molecular formula is C15H17N3O. The van der Waals surface area contributed by atoms with Crippen LogP contribution in [-0.4, -0.2) is 20.0 Å². The molecule has 0 spiro atoms. The van der Waals surface area contributed by atoms with Gasteiger partial charge in [0.15, 0.2) is 0 Å². The minimum Gasteiger partial charge on any atom is -0.495 e. The van der Waals surface area contributed by atoms with E-state index in [1.54, 1.807) is 7.11 Å². The standard InChI is InChI=1S/C15H17N3O/c1-18(13-5-3-4-6-14(13)19-2)12-9-7-11(8-10-12)15(16)17/h3-10H,1-2H3,(H3,16,17). The van der Waals surface area contributed by atoms with Gasteiger partial charge >= 0.3 is 0 Å². The number of nitrogens with zero attached hydrogens (tertiary/aromatic N) is 1. The van der Waals surface area contributed by atoms with Gasteiger partial charge in [0.2, 0.25) is 0 Å². The number of benzene rings is 2. The lowest BCUT2D eigenvalue weighted by molar-refractivity contribution is 0.415. The lowest BCUT2D eigenvalue weighted by atomic mass is 10.1. The highest BCUT2D eigenvalue weighted by Gasteiger charge is 2.09. The summed E-state index contributed by atoms with van der Waals surface area (Å²) < 4.78 is 5.35. The fourth-order valence-corrected chi connectivity index (χ4v) is 1.91. The van der Waals surface area contributed by atoms with Crippen molar-refractivity contribution in [3.05, 3.63) is 54.1 Å². The molecule has 2 aromatic rings. The number of para-hydroxylation sites is 2. The van der Waals surface area contributed by atoms with E-state index in [1.807, 2.05) is 60.5 Å². The Morgan fingerprint density at radius 2 is 1.74 bits per heavy atom. The first kappa shape index (κ1) is 13.0. The maximum atomic E-state index is 7.39. The average molecular weight is 255 g/mol. The van der Waals surface area contributed by atoms with Crippen LogP contribution in [0.1, 0.15) is 5.56 Å². The largest absolute Gasteiger partial charge is 0.495 e. The van der Waals surface area contributed by atoms with Crippen molar-refractivity contribution in [2.45, 2.75) is 0 Å². The van der Waals surface area contributed by atoms with Crippen LogP contribution in [0.15, 0.2) is 48.5 Å². The summed E-state index contributed by atoms with van der Waals surface area (Å²) in [6.07, 6.45) is 0. The molecule has 2 rings (SSSR count). The van der Waals surface area contributed by atoms with Gasteiger partial charge in [0.25, 0.3) is 0 Å². The summed E-state index contributed by atoms with van der Waals surface area (Å²) in [6.45, 7) is 0. The van der Waals surface area contributed by atoms with Gasteiger partial charge in [-0.2, -0.15) is 0 Å². The molecule has 0 aliphatic carbocycles. The summed E-state index contributed by atoms with van der Waals surface area (Å²) >= 11 is 0. The van der Waals surface area contributed by atoms with Crippen molar-refractivity contribution < 1.29 is 4.74 Å². The molecule has 0 amide bonds. The smallest absolute Gasteiger partial charge is 0.142 e. The molecule has 0 heterocycles. The van der Waals surface area contributed by atoms with Crippen molar-refractivity contribution in [2.75, 3.05) is 19.1 Å². The Morgan fingerprint density at radius 1 is 1.11 bits per heavy atom. The lowest BCUT2D eigenvalue weighted by Gasteiger charge is -2.22. The molecule has 4 heteroatoms. The van der Waals surface area contributed by atoms with Crippen LogP contribution < -0.4 is 15.4 Å². The molecule has 0 aliphatic heterocycles. The van der Waals surface area contributed by atoms with Gasteiger partial charge in [-0.05, 0) is 36.4 Å². The Hall–Kier alpha value is -2.49. The van der Waals surface area contributed by atoms with Crippen molar-refractivity contribution in [2.24, 2.45) is 5.73 Å². The molecule has 3 N–H and O–H groups in total. The van der Waals surface area contributed by atoms with Crippen LogP contribution in [0.5, 0.6) is 5.75 Å². The summed E-state index contributed by atoms with van der Waals surface area (Å²) in [5.74, 6) is 0.895. The Bertz CT molecular complexity index is 578. The number of hydrogen-bond acceptors (Lipinski definition) is 3. The number of methoxy groups -OCH3 is 1. The second-order valence-corrected chi connectivity index (χ2v) is 4.19. The molecule has 0 unspecified atom stereocenters. The Morgan fingerprint density at radius 3 is 2.32 bits per heavy atom. The van der Waals surface area contributed by atoms with Gasteiger partial charge in [-0.25, -0.2) is 0 Å². The topological polar surface area (TPSA) is 62.3 Å². The molecule has 2 aromatic carbocycles. The first-order chi connectivity index (χ1) is 9.13. The SMILES string of the molecule is COc1ccccc1N(C)c1ccc(C(=N)N)cc1. The van der Waals surface area contributed by atoms with Crippen molar-refractivity contribution in [1.29, 1.82) is 5.41 Å². The van der Waals surface area contributed by atoms with Crippen molar-refractivity contribution >= 4 is 17.2 Å². The molecule has 0 bridgehead atoms. The van der Waals surface area contributed by atoms with Crippen LogP contribution in [0.3, 0.4) is 0 Å². The highest BCUT2D eigenvalue weighted by atomic mass is 16.5. The van der Waals surface area contributed by atoms with Gasteiger partial charge in [-0.3, -0.25) is 5.41 Å². The summed E-state index contributed by atoms with van der Waals surface area (Å²) in [5.41, 5.74) is 8.16. The zero-order valence-electron chi connectivity index (χ0n) is 11.1. The van der Waals surface area contributed by atoms with E-state index in [4.69, 9.17) is 15.9 Å². The summed E-state index contributed by atoms with van der Waals surface area (Å²) in [7, 11) is 3.63. The third-order valence-corrected chi connectivity index (χ3v) is 3.01. The van der Waals surface area contributed by atoms with Gasteiger partial charge in [0.1, 0.15) is 11.6 Å². The van der Waals surface area contributed by atoms with E-state index in [9.17, 15) is 0 Å². The number of nitrogens with one attached hydrogen (secondary N) is 1. The molecule has 0 saturated heterocycles. The van der Waals surface area contributed by atoms with Crippen LogP contribution in [0.4, 0.5) is 11.4 Å². The summed E-state index contributed by atoms with van der Waals surface area (Å²) in [4.78, 5) is 2.03. The monoisotopic (exact) mass is 255 g/mol. The number of anilines is 2. The predicted octanol–water partition coefficient (Wildman–Crippen LogP) is 2.75. The maximum absolute atomic E-state index is 7.39. The van der Waals surface area contributed by atoms with E-state index in [-0.39, 0.29) is 5.84 Å². The van der Waals surface area contributed by atoms with E-state index in [0.717, 1.165) is 22.7 Å². The fourth-order valence-electron chi connectivity index (χ4n) is 1.91. The van der Waals surface area contributed by atoms with E-state index in [2.05, 4.69) is 0 Å². The van der Waals surface area contributed by atoms with Crippen molar-refractivity contribution in [1.82, 2.24) is 0 Å². The zero-order valence-corrected chi connectivity index (χ0v) is 11.1. The second kappa shape index (κ2) is 5.44. The normalized spacial score (nSPS) is 10.0. The van der Waals surface area contributed by atoms with Crippen LogP contribution in [0.25, 0.3) is 0 Å². The van der Waals surface area contributed by atoms with Crippen LogP contribution in [0, 0.1) is 5.41 Å². The maximum Gasteiger partial charge on any atom is 0.142 e.